The minimum Gasteiger partial charge on any atom is -0.465 e. The normalized spacial score (nSPS) is 16.1. The van der Waals surface area contributed by atoms with Crippen molar-refractivity contribution in [2.45, 2.75) is 23.3 Å². The van der Waals surface area contributed by atoms with Gasteiger partial charge in [-0.05, 0) is 31.0 Å². The summed E-state index contributed by atoms with van der Waals surface area (Å²) in [6.07, 6.45) is 2.39. The molecule has 1 aromatic heterocycles. The Kier molecular flexibility index (Phi) is 7.02. The van der Waals surface area contributed by atoms with Crippen molar-refractivity contribution in [3.05, 3.63) is 29.8 Å². The Morgan fingerprint density at radius 1 is 1.41 bits per heavy atom. The van der Waals surface area contributed by atoms with E-state index in [4.69, 9.17) is 4.74 Å². The molecule has 0 bridgehead atoms. The summed E-state index contributed by atoms with van der Waals surface area (Å²) < 4.78 is 10.9. The van der Waals surface area contributed by atoms with E-state index >= 15 is 0 Å². The molecule has 1 amide bonds. The maximum absolute atomic E-state index is 12.1. The first-order valence-corrected chi connectivity index (χ1v) is 10.2. The van der Waals surface area contributed by atoms with Crippen LogP contribution in [0.2, 0.25) is 0 Å². The van der Waals surface area contributed by atoms with Gasteiger partial charge in [0.25, 0.3) is 0 Å². The SMILES string of the molecule is COC(=O)c1cccc(NC(=O)CSc2nnc(NCC3CCCO3)s2)c1. The third-order valence-electron chi connectivity index (χ3n) is 3.81. The number of benzene rings is 1. The summed E-state index contributed by atoms with van der Waals surface area (Å²) in [4.78, 5) is 23.7. The molecule has 2 N–H and O–H groups in total. The quantitative estimate of drug-likeness (QED) is 0.508. The largest absolute Gasteiger partial charge is 0.465 e. The van der Waals surface area contributed by atoms with Crippen LogP contribution in [0.15, 0.2) is 28.6 Å². The van der Waals surface area contributed by atoms with Gasteiger partial charge in [-0.25, -0.2) is 4.79 Å². The molecule has 3 rings (SSSR count). The minimum absolute atomic E-state index is 0.189. The van der Waals surface area contributed by atoms with Gasteiger partial charge in [0, 0.05) is 18.8 Å². The molecule has 1 aliphatic heterocycles. The molecule has 1 atom stereocenters. The summed E-state index contributed by atoms with van der Waals surface area (Å²) in [6.45, 7) is 1.54. The van der Waals surface area contributed by atoms with Crippen molar-refractivity contribution < 1.29 is 19.1 Å². The van der Waals surface area contributed by atoms with Gasteiger partial charge in [0.2, 0.25) is 11.0 Å². The van der Waals surface area contributed by atoms with Crippen LogP contribution < -0.4 is 10.6 Å². The fourth-order valence-corrected chi connectivity index (χ4v) is 4.07. The highest BCUT2D eigenvalue weighted by Crippen LogP contribution is 2.26. The average molecular weight is 409 g/mol. The zero-order chi connectivity index (χ0) is 19.1. The van der Waals surface area contributed by atoms with Crippen molar-refractivity contribution >= 4 is 45.8 Å². The second kappa shape index (κ2) is 9.67. The number of nitrogens with zero attached hydrogens (tertiary/aromatic N) is 2. The molecule has 2 heterocycles. The highest BCUT2D eigenvalue weighted by molar-refractivity contribution is 8.01. The van der Waals surface area contributed by atoms with E-state index in [9.17, 15) is 9.59 Å². The third kappa shape index (κ3) is 5.91. The summed E-state index contributed by atoms with van der Waals surface area (Å²) in [6, 6.07) is 6.61. The van der Waals surface area contributed by atoms with Gasteiger partial charge in [-0.3, -0.25) is 4.79 Å². The molecule has 8 nitrogen and oxygen atoms in total. The molecule has 0 saturated carbocycles. The lowest BCUT2D eigenvalue weighted by atomic mass is 10.2. The third-order valence-corrected chi connectivity index (χ3v) is 5.82. The van der Waals surface area contributed by atoms with Crippen molar-refractivity contribution in [1.82, 2.24) is 10.2 Å². The first-order chi connectivity index (χ1) is 13.1. The molecule has 0 aliphatic carbocycles. The number of aromatic nitrogens is 2. The van der Waals surface area contributed by atoms with Crippen LogP contribution in [0.25, 0.3) is 0 Å². The number of hydrogen-bond acceptors (Lipinski definition) is 9. The van der Waals surface area contributed by atoms with Gasteiger partial charge in [-0.15, -0.1) is 10.2 Å². The molecular formula is C17H20N4O4S2. The highest BCUT2D eigenvalue weighted by Gasteiger charge is 2.16. The summed E-state index contributed by atoms with van der Waals surface area (Å²) in [5.74, 6) is -0.438. The molecule has 10 heteroatoms. The molecule has 144 valence electrons. The molecule has 1 fully saturated rings. The number of rotatable bonds is 8. The number of carbonyl (C=O) groups is 2. The molecule has 1 saturated heterocycles. The first kappa shape index (κ1) is 19.6. The fraction of sp³-hybridized carbons (Fsp3) is 0.412. The predicted molar refractivity (Wildman–Crippen MR) is 105 cm³/mol. The van der Waals surface area contributed by atoms with Crippen molar-refractivity contribution in [2.24, 2.45) is 0 Å². The van der Waals surface area contributed by atoms with E-state index in [0.717, 1.165) is 31.1 Å². The Bertz CT molecular complexity index is 793. The minimum atomic E-state index is -0.447. The summed E-state index contributed by atoms with van der Waals surface area (Å²) in [5.41, 5.74) is 0.925. The average Bonchev–Trinajstić information content (AvgIpc) is 3.36. The van der Waals surface area contributed by atoms with Crippen molar-refractivity contribution in [2.75, 3.05) is 36.6 Å². The monoisotopic (exact) mass is 408 g/mol. The Morgan fingerprint density at radius 3 is 3.07 bits per heavy atom. The van der Waals surface area contributed by atoms with Gasteiger partial charge in [-0.1, -0.05) is 29.2 Å². The Hall–Kier alpha value is -2.17. The lowest BCUT2D eigenvalue weighted by molar-refractivity contribution is -0.113. The van der Waals surface area contributed by atoms with E-state index in [1.807, 2.05) is 0 Å². The molecule has 27 heavy (non-hydrogen) atoms. The van der Waals surface area contributed by atoms with Crippen LogP contribution in [0.5, 0.6) is 0 Å². The number of amides is 1. The van der Waals surface area contributed by atoms with E-state index in [-0.39, 0.29) is 17.8 Å². The number of nitrogens with one attached hydrogen (secondary N) is 2. The molecule has 2 aromatic rings. The molecule has 0 spiro atoms. The Morgan fingerprint density at radius 2 is 2.30 bits per heavy atom. The number of hydrogen-bond donors (Lipinski definition) is 2. The maximum Gasteiger partial charge on any atom is 0.337 e. The maximum atomic E-state index is 12.1. The van der Waals surface area contributed by atoms with Gasteiger partial charge in [0.05, 0.1) is 24.5 Å². The molecule has 1 aliphatic rings. The summed E-state index contributed by atoms with van der Waals surface area (Å²) >= 11 is 2.72. The van der Waals surface area contributed by atoms with Gasteiger partial charge in [-0.2, -0.15) is 0 Å². The van der Waals surface area contributed by atoms with E-state index < -0.39 is 5.97 Å². The van der Waals surface area contributed by atoms with Crippen LogP contribution in [0.4, 0.5) is 10.8 Å². The van der Waals surface area contributed by atoms with Gasteiger partial charge in [0.15, 0.2) is 4.34 Å². The van der Waals surface area contributed by atoms with Crippen LogP contribution in [0, 0.1) is 0 Å². The number of carbonyl (C=O) groups excluding carboxylic acids is 2. The van der Waals surface area contributed by atoms with Crippen molar-refractivity contribution in [3.8, 4) is 0 Å². The predicted octanol–water partition coefficient (Wildman–Crippen LogP) is 2.65. The highest BCUT2D eigenvalue weighted by atomic mass is 32.2. The zero-order valence-electron chi connectivity index (χ0n) is 14.8. The fourth-order valence-electron chi connectivity index (χ4n) is 2.51. The lowest BCUT2D eigenvalue weighted by Crippen LogP contribution is -2.18. The van der Waals surface area contributed by atoms with Crippen LogP contribution >= 0.6 is 23.1 Å². The van der Waals surface area contributed by atoms with Gasteiger partial charge >= 0.3 is 5.97 Å². The van der Waals surface area contributed by atoms with Crippen LogP contribution in [-0.2, 0) is 14.3 Å². The van der Waals surface area contributed by atoms with E-state index in [1.54, 1.807) is 24.3 Å². The lowest BCUT2D eigenvalue weighted by Gasteiger charge is -2.08. The molecule has 1 aromatic carbocycles. The van der Waals surface area contributed by atoms with Crippen molar-refractivity contribution in [3.63, 3.8) is 0 Å². The van der Waals surface area contributed by atoms with Gasteiger partial charge in [0.1, 0.15) is 0 Å². The first-order valence-electron chi connectivity index (χ1n) is 8.44. The second-order valence-corrected chi connectivity index (χ2v) is 8.00. The smallest absolute Gasteiger partial charge is 0.337 e. The number of ether oxygens (including phenoxy) is 2. The van der Waals surface area contributed by atoms with Crippen LogP contribution in [-0.4, -0.2) is 54.2 Å². The molecular weight excluding hydrogens is 388 g/mol. The van der Waals surface area contributed by atoms with E-state index in [1.165, 1.54) is 30.2 Å². The molecule has 1 unspecified atom stereocenters. The Balaban J connectivity index is 1.44. The van der Waals surface area contributed by atoms with Crippen molar-refractivity contribution in [1.29, 1.82) is 0 Å². The zero-order valence-corrected chi connectivity index (χ0v) is 16.4. The standard InChI is InChI=1S/C17H20N4O4S2/c1-24-15(23)11-4-2-5-12(8-11)19-14(22)10-26-17-21-20-16(27-17)18-9-13-6-3-7-25-13/h2,4-5,8,13H,3,6-7,9-10H2,1H3,(H,18,20)(H,19,22). The number of methoxy groups -OCH3 is 1. The van der Waals surface area contributed by atoms with E-state index in [0.29, 0.717) is 15.6 Å². The summed E-state index contributed by atoms with van der Waals surface area (Å²) in [5, 5.41) is 14.9. The topological polar surface area (TPSA) is 102 Å². The van der Waals surface area contributed by atoms with Gasteiger partial charge < -0.3 is 20.1 Å². The van der Waals surface area contributed by atoms with Crippen LogP contribution in [0.1, 0.15) is 23.2 Å². The molecule has 0 radical (unpaired) electrons. The second-order valence-electron chi connectivity index (χ2n) is 5.80. The van der Waals surface area contributed by atoms with E-state index in [2.05, 4.69) is 25.6 Å². The number of anilines is 2. The van der Waals surface area contributed by atoms with Crippen LogP contribution in [0.3, 0.4) is 0 Å². The Labute approximate surface area is 165 Å². The number of thioether (sulfide) groups is 1. The number of esters is 1. The summed E-state index contributed by atoms with van der Waals surface area (Å²) in [7, 11) is 1.32.